The smallest absolute Gasteiger partial charge is 0.202 e. The zero-order valence-electron chi connectivity index (χ0n) is 6.06. The highest BCUT2D eigenvalue weighted by Crippen LogP contribution is 2.14. The molecule has 2 nitrogen and oxygen atoms in total. The van der Waals surface area contributed by atoms with Gasteiger partial charge in [-0.25, -0.2) is 4.98 Å². The Morgan fingerprint density at radius 3 is 2.60 bits per heavy atom. The number of imidazole rings is 1. The molecule has 54 valence electrons. The quantitative estimate of drug-likeness (QED) is 0.609. The Bertz CT molecular complexity index is 263. The summed E-state index contributed by atoms with van der Waals surface area (Å²) in [7, 11) is 1.86. The highest BCUT2D eigenvalue weighted by Gasteiger charge is 2.02. The largest absolute Gasteiger partial charge is 0.318 e. The van der Waals surface area contributed by atoms with Gasteiger partial charge in [-0.2, -0.15) is 0 Å². The van der Waals surface area contributed by atoms with Crippen LogP contribution in [0.25, 0.3) is 5.57 Å². The zero-order chi connectivity index (χ0) is 7.72. The second-order valence-electron chi connectivity index (χ2n) is 2.25. The van der Waals surface area contributed by atoms with Crippen LogP contribution in [0.3, 0.4) is 0 Å². The highest BCUT2D eigenvalue weighted by atomic mass is 35.5. The van der Waals surface area contributed by atoms with Crippen molar-refractivity contribution in [2.24, 2.45) is 7.05 Å². The summed E-state index contributed by atoms with van der Waals surface area (Å²) in [5.41, 5.74) is 1.95. The first-order valence-corrected chi connectivity index (χ1v) is 3.34. The van der Waals surface area contributed by atoms with E-state index in [1.165, 1.54) is 0 Å². The van der Waals surface area contributed by atoms with Crippen molar-refractivity contribution >= 4 is 17.2 Å². The number of allylic oxidation sites excluding steroid dienone is 1. The number of nitrogens with zero attached hydrogens (tertiary/aromatic N) is 2. The van der Waals surface area contributed by atoms with Crippen molar-refractivity contribution in [3.63, 3.8) is 0 Å². The Kier molecular flexibility index (Phi) is 1.81. The maximum Gasteiger partial charge on any atom is 0.202 e. The van der Waals surface area contributed by atoms with Gasteiger partial charge in [-0.1, -0.05) is 6.58 Å². The van der Waals surface area contributed by atoms with Gasteiger partial charge in [0.05, 0.1) is 11.9 Å². The molecule has 0 atom stereocenters. The molecule has 1 aromatic rings. The molecule has 1 heterocycles. The molecule has 0 N–H and O–H groups in total. The van der Waals surface area contributed by atoms with Crippen LogP contribution in [-0.2, 0) is 7.05 Å². The number of hydrogen-bond acceptors (Lipinski definition) is 1. The van der Waals surface area contributed by atoms with Crippen molar-refractivity contribution in [1.29, 1.82) is 0 Å². The fourth-order valence-corrected chi connectivity index (χ4v) is 0.923. The van der Waals surface area contributed by atoms with Crippen LogP contribution in [0.2, 0.25) is 5.28 Å². The van der Waals surface area contributed by atoms with E-state index in [1.807, 2.05) is 14.0 Å². The Labute approximate surface area is 65.1 Å². The summed E-state index contributed by atoms with van der Waals surface area (Å²) < 4.78 is 1.80. The normalized spacial score (nSPS) is 9.90. The van der Waals surface area contributed by atoms with Gasteiger partial charge in [0.15, 0.2) is 0 Å². The molecule has 1 rings (SSSR count). The molecule has 0 radical (unpaired) electrons. The minimum Gasteiger partial charge on any atom is -0.318 e. The van der Waals surface area contributed by atoms with E-state index in [-0.39, 0.29) is 0 Å². The summed E-state index contributed by atoms with van der Waals surface area (Å²) in [5, 5.41) is 0.498. The standard InChI is InChI=1S/C7H9ClN2/c1-5(2)6-4-9-7(8)10(6)3/h4H,1H2,2-3H3. The van der Waals surface area contributed by atoms with Gasteiger partial charge in [-0.05, 0) is 24.1 Å². The van der Waals surface area contributed by atoms with Crippen LogP contribution in [0.5, 0.6) is 0 Å². The zero-order valence-corrected chi connectivity index (χ0v) is 6.81. The van der Waals surface area contributed by atoms with E-state index in [0.717, 1.165) is 11.3 Å². The average Bonchev–Trinajstić information content (AvgIpc) is 2.14. The molecule has 1 aromatic heterocycles. The van der Waals surface area contributed by atoms with E-state index in [9.17, 15) is 0 Å². The predicted octanol–water partition coefficient (Wildman–Crippen LogP) is 2.11. The fourth-order valence-electron chi connectivity index (χ4n) is 0.783. The number of rotatable bonds is 1. The van der Waals surface area contributed by atoms with Crippen molar-refractivity contribution in [3.05, 3.63) is 23.8 Å². The first-order chi connectivity index (χ1) is 4.63. The molecule has 10 heavy (non-hydrogen) atoms. The van der Waals surface area contributed by atoms with E-state index in [2.05, 4.69) is 11.6 Å². The molecule has 0 fully saturated rings. The van der Waals surface area contributed by atoms with Gasteiger partial charge < -0.3 is 4.57 Å². The van der Waals surface area contributed by atoms with Gasteiger partial charge >= 0.3 is 0 Å². The number of hydrogen-bond donors (Lipinski definition) is 0. The average molecular weight is 157 g/mol. The Hall–Kier alpha value is -0.760. The number of aromatic nitrogens is 2. The summed E-state index contributed by atoms with van der Waals surface area (Å²) in [6.45, 7) is 5.70. The molecule has 0 saturated heterocycles. The van der Waals surface area contributed by atoms with Crippen LogP contribution in [0.1, 0.15) is 12.6 Å². The molecule has 0 aliphatic heterocycles. The Morgan fingerprint density at radius 1 is 1.80 bits per heavy atom. The molecular weight excluding hydrogens is 148 g/mol. The molecule has 0 amide bonds. The number of halogens is 1. The van der Waals surface area contributed by atoms with Crippen molar-refractivity contribution in [3.8, 4) is 0 Å². The van der Waals surface area contributed by atoms with Gasteiger partial charge in [-0.15, -0.1) is 0 Å². The fraction of sp³-hybridized carbons (Fsp3) is 0.286. The summed E-state index contributed by atoms with van der Waals surface area (Å²) in [6.07, 6.45) is 1.71. The molecule has 0 unspecified atom stereocenters. The van der Waals surface area contributed by atoms with Crippen molar-refractivity contribution in [2.45, 2.75) is 6.92 Å². The maximum absolute atomic E-state index is 5.68. The predicted molar refractivity (Wildman–Crippen MR) is 42.9 cm³/mol. The monoisotopic (exact) mass is 156 g/mol. The van der Waals surface area contributed by atoms with Gasteiger partial charge in [0.2, 0.25) is 5.28 Å². The molecule has 3 heteroatoms. The minimum atomic E-state index is 0.498. The van der Waals surface area contributed by atoms with Crippen LogP contribution in [0.15, 0.2) is 12.8 Å². The summed E-state index contributed by atoms with van der Waals surface area (Å²) in [4.78, 5) is 3.90. The lowest BCUT2D eigenvalue weighted by molar-refractivity contribution is 0.898. The lowest BCUT2D eigenvalue weighted by Crippen LogP contribution is -1.92. The van der Waals surface area contributed by atoms with Crippen LogP contribution in [0.4, 0.5) is 0 Å². The van der Waals surface area contributed by atoms with Crippen molar-refractivity contribution in [1.82, 2.24) is 9.55 Å². The SMILES string of the molecule is C=C(C)c1cnc(Cl)n1C. The van der Waals surface area contributed by atoms with Crippen molar-refractivity contribution in [2.75, 3.05) is 0 Å². The van der Waals surface area contributed by atoms with Gasteiger partial charge in [0.25, 0.3) is 0 Å². The first-order valence-electron chi connectivity index (χ1n) is 2.96. The highest BCUT2D eigenvalue weighted by molar-refractivity contribution is 6.28. The molecular formula is C7H9ClN2. The van der Waals surface area contributed by atoms with Gasteiger partial charge in [0, 0.05) is 7.05 Å². The van der Waals surface area contributed by atoms with Gasteiger partial charge in [-0.3, -0.25) is 0 Å². The van der Waals surface area contributed by atoms with E-state index in [1.54, 1.807) is 10.8 Å². The van der Waals surface area contributed by atoms with E-state index in [4.69, 9.17) is 11.6 Å². The lowest BCUT2D eigenvalue weighted by atomic mass is 10.3. The van der Waals surface area contributed by atoms with Crippen LogP contribution in [-0.4, -0.2) is 9.55 Å². The third kappa shape index (κ3) is 1.07. The topological polar surface area (TPSA) is 17.8 Å². The summed E-state index contributed by atoms with van der Waals surface area (Å²) in [6, 6.07) is 0. The van der Waals surface area contributed by atoms with E-state index in [0.29, 0.717) is 5.28 Å². The molecule has 0 aliphatic carbocycles. The molecule has 0 bridgehead atoms. The lowest BCUT2D eigenvalue weighted by Gasteiger charge is -1.99. The molecule has 0 spiro atoms. The molecule has 0 aliphatic rings. The van der Waals surface area contributed by atoms with E-state index >= 15 is 0 Å². The summed E-state index contributed by atoms with van der Waals surface area (Å²) >= 11 is 5.68. The summed E-state index contributed by atoms with van der Waals surface area (Å²) in [5.74, 6) is 0. The third-order valence-electron chi connectivity index (χ3n) is 1.37. The van der Waals surface area contributed by atoms with Crippen molar-refractivity contribution < 1.29 is 0 Å². The van der Waals surface area contributed by atoms with Crippen LogP contribution in [0, 0.1) is 0 Å². The second-order valence-corrected chi connectivity index (χ2v) is 2.59. The van der Waals surface area contributed by atoms with Crippen LogP contribution < -0.4 is 0 Å². The molecule has 0 aromatic carbocycles. The van der Waals surface area contributed by atoms with Crippen LogP contribution >= 0.6 is 11.6 Å². The Morgan fingerprint density at radius 2 is 2.40 bits per heavy atom. The molecule has 0 saturated carbocycles. The first kappa shape index (κ1) is 7.35. The van der Waals surface area contributed by atoms with E-state index < -0.39 is 0 Å². The third-order valence-corrected chi connectivity index (χ3v) is 1.72. The second kappa shape index (κ2) is 2.46. The minimum absolute atomic E-state index is 0.498. The maximum atomic E-state index is 5.68. The Balaban J connectivity index is 3.17. The van der Waals surface area contributed by atoms with Gasteiger partial charge in [0.1, 0.15) is 0 Å².